The first-order valence-corrected chi connectivity index (χ1v) is 22.6. The van der Waals surface area contributed by atoms with Crippen LogP contribution < -0.4 is 21.5 Å². The molecule has 2 nitrogen and oxygen atoms in total. The minimum Gasteiger partial charge on any atom is -0.472 e. The summed E-state index contributed by atoms with van der Waals surface area (Å²) in [4.78, 5) is 2.70. The van der Waals surface area contributed by atoms with Crippen LogP contribution in [-0.4, -0.2) is 6.71 Å². The highest BCUT2D eigenvalue weighted by Gasteiger charge is 2.52. The molecule has 0 spiro atoms. The summed E-state index contributed by atoms with van der Waals surface area (Å²) in [7, 11) is 0. The molecule has 3 heterocycles. The van der Waals surface area contributed by atoms with E-state index < -0.39 is 0 Å². The van der Waals surface area contributed by atoms with Gasteiger partial charge in [0, 0.05) is 27.8 Å². The first-order chi connectivity index (χ1) is 28.3. The molecule has 0 fully saturated rings. The molecular formula is C57H62BNO. The van der Waals surface area contributed by atoms with E-state index in [0.29, 0.717) is 0 Å². The van der Waals surface area contributed by atoms with E-state index in [-0.39, 0.29) is 33.8 Å². The summed E-state index contributed by atoms with van der Waals surface area (Å²) in [5.41, 5.74) is 21.9. The maximum Gasteiger partial charge on any atom is 0.293 e. The smallest absolute Gasteiger partial charge is 0.293 e. The number of furan rings is 1. The summed E-state index contributed by atoms with van der Waals surface area (Å²) in [5.74, 6) is 1.16. The Bertz CT molecular complexity index is 2690. The number of hydrogen-bond donors (Lipinski definition) is 0. The van der Waals surface area contributed by atoms with Crippen LogP contribution >= 0.6 is 0 Å². The lowest BCUT2D eigenvalue weighted by Crippen LogP contribution is -2.58. The Morgan fingerprint density at radius 1 is 0.583 bits per heavy atom. The highest BCUT2D eigenvalue weighted by atomic mass is 16.3. The molecule has 304 valence electrons. The molecule has 10 rings (SSSR count). The van der Waals surface area contributed by atoms with Crippen LogP contribution in [0.25, 0.3) is 34.4 Å². The van der Waals surface area contributed by atoms with Crippen molar-refractivity contribution in [2.24, 2.45) is 0 Å². The number of anilines is 3. The molecule has 0 amide bonds. The van der Waals surface area contributed by atoms with Gasteiger partial charge in [-0.05, 0) is 122 Å². The van der Waals surface area contributed by atoms with Gasteiger partial charge in [-0.15, -0.1) is 0 Å². The Labute approximate surface area is 360 Å². The molecule has 6 aromatic rings. The zero-order valence-electron chi connectivity index (χ0n) is 38.2. The zero-order chi connectivity index (χ0) is 42.3. The number of aryl methyl sites for hydroxylation is 1. The first-order valence-electron chi connectivity index (χ1n) is 22.6. The van der Waals surface area contributed by atoms with Crippen molar-refractivity contribution in [3.8, 4) is 22.3 Å². The lowest BCUT2D eigenvalue weighted by Gasteiger charge is -2.43. The average Bonchev–Trinajstić information content (AvgIpc) is 3.55. The van der Waals surface area contributed by atoms with Gasteiger partial charge >= 0.3 is 0 Å². The van der Waals surface area contributed by atoms with Crippen molar-refractivity contribution < 1.29 is 4.42 Å². The number of nitrogens with zero attached hydrogens (tertiary/aromatic N) is 1. The molecule has 1 aromatic heterocycles. The second-order valence-corrected chi connectivity index (χ2v) is 22.4. The monoisotopic (exact) mass is 787 g/mol. The molecule has 0 radical (unpaired) electrons. The largest absolute Gasteiger partial charge is 0.472 e. The minimum atomic E-state index is -0.118. The van der Waals surface area contributed by atoms with Crippen LogP contribution in [0.5, 0.6) is 0 Å². The highest BCUT2D eigenvalue weighted by Crippen LogP contribution is 2.57. The van der Waals surface area contributed by atoms with Crippen molar-refractivity contribution in [3.63, 3.8) is 0 Å². The number of fused-ring (bicyclic) bond motifs is 7. The topological polar surface area (TPSA) is 16.4 Å². The fourth-order valence-corrected chi connectivity index (χ4v) is 11.3. The molecule has 4 aliphatic rings. The van der Waals surface area contributed by atoms with Crippen LogP contribution in [0.1, 0.15) is 147 Å². The third-order valence-corrected chi connectivity index (χ3v) is 15.1. The van der Waals surface area contributed by atoms with Crippen LogP contribution in [0.4, 0.5) is 17.1 Å². The maximum absolute atomic E-state index is 7.76. The standard InChI is InChI=1S/C57H62BNO/c1-35-29-39-24-23-38-31-43-44(55(7,8)26-25-54(43,5)6)34-45(38)58-48(39)46(30-35)59(50-47-51(60-52(50)58)57(11,12)28-27-56(47,9)10)49-41(36-19-15-13-16-20-36)32-40(53(2,3)4)33-42(49)37-21-17-14-18-22-37/h13-24,29-34H,25-28H2,1-12H3. The van der Waals surface area contributed by atoms with E-state index in [0.717, 1.165) is 24.3 Å². The third-order valence-electron chi connectivity index (χ3n) is 15.1. The van der Waals surface area contributed by atoms with Gasteiger partial charge in [0.05, 0.1) is 17.0 Å². The van der Waals surface area contributed by atoms with E-state index >= 15 is 0 Å². The summed E-state index contributed by atoms with van der Waals surface area (Å²) in [6.07, 6.45) is 9.39. The van der Waals surface area contributed by atoms with Crippen molar-refractivity contribution in [1.29, 1.82) is 0 Å². The SMILES string of the molecule is Cc1cc2c3c(c1)N(c1c(-c4ccccc4)cc(C(C)(C)C)cc1-c1ccccc1)c1c(oc4c1C(C)(C)CCC4(C)C)B3c1cc3c(cc1C=C2)C(C)(C)CCC3(C)C. The van der Waals surface area contributed by atoms with Crippen LogP contribution in [0.15, 0.2) is 101 Å². The molecular weight excluding hydrogens is 725 g/mol. The van der Waals surface area contributed by atoms with Gasteiger partial charge in [0.2, 0.25) is 0 Å². The molecule has 0 bridgehead atoms. The maximum atomic E-state index is 7.76. The quantitative estimate of drug-likeness (QED) is 0.166. The van der Waals surface area contributed by atoms with Crippen LogP contribution in [-0.2, 0) is 27.1 Å². The van der Waals surface area contributed by atoms with Crippen molar-refractivity contribution >= 4 is 52.5 Å². The lowest BCUT2D eigenvalue weighted by molar-refractivity contribution is 0.282. The normalized spacial score (nSPS) is 18.8. The molecule has 60 heavy (non-hydrogen) atoms. The zero-order valence-corrected chi connectivity index (χ0v) is 38.2. The average molecular weight is 788 g/mol. The summed E-state index contributed by atoms with van der Waals surface area (Å²) in [5, 5.41) is 0. The Morgan fingerprint density at radius 3 is 1.70 bits per heavy atom. The van der Waals surface area contributed by atoms with Gasteiger partial charge in [-0.1, -0.05) is 173 Å². The van der Waals surface area contributed by atoms with E-state index in [9.17, 15) is 0 Å². The van der Waals surface area contributed by atoms with Gasteiger partial charge in [0.1, 0.15) is 5.76 Å². The summed E-state index contributed by atoms with van der Waals surface area (Å²) in [6.45, 7) is 28.8. The van der Waals surface area contributed by atoms with Crippen molar-refractivity contribution in [3.05, 3.63) is 142 Å². The molecule has 0 unspecified atom stereocenters. The van der Waals surface area contributed by atoms with Crippen molar-refractivity contribution in [1.82, 2.24) is 0 Å². The van der Waals surface area contributed by atoms with Gasteiger partial charge in [-0.2, -0.15) is 0 Å². The van der Waals surface area contributed by atoms with Crippen LogP contribution in [0.2, 0.25) is 0 Å². The second kappa shape index (κ2) is 13.0. The third kappa shape index (κ3) is 5.88. The molecule has 0 saturated heterocycles. The minimum absolute atomic E-state index is 0.0654. The summed E-state index contributed by atoms with van der Waals surface area (Å²) in [6, 6.07) is 37.3. The molecule has 0 saturated carbocycles. The predicted octanol–water partition coefficient (Wildman–Crippen LogP) is 13.7. The van der Waals surface area contributed by atoms with Crippen LogP contribution in [0, 0.1) is 6.92 Å². The number of rotatable bonds is 3. The molecule has 2 aliphatic carbocycles. The highest BCUT2D eigenvalue weighted by molar-refractivity contribution is 6.98. The molecule has 5 aromatic carbocycles. The van der Waals surface area contributed by atoms with E-state index in [1.165, 1.54) is 102 Å². The molecule has 0 N–H and O–H groups in total. The van der Waals surface area contributed by atoms with Crippen molar-refractivity contribution in [2.45, 2.75) is 136 Å². The fraction of sp³-hybridized carbons (Fsp3) is 0.368. The first kappa shape index (κ1) is 39.1. The fourth-order valence-electron chi connectivity index (χ4n) is 11.3. The number of hydrogen-bond acceptors (Lipinski definition) is 2. The van der Waals surface area contributed by atoms with E-state index in [1.807, 2.05) is 0 Å². The van der Waals surface area contributed by atoms with Gasteiger partial charge in [-0.3, -0.25) is 0 Å². The lowest BCUT2D eigenvalue weighted by atomic mass is 9.35. The Kier molecular flexibility index (Phi) is 8.48. The van der Waals surface area contributed by atoms with E-state index in [1.54, 1.807) is 0 Å². The van der Waals surface area contributed by atoms with E-state index in [4.69, 9.17) is 4.42 Å². The summed E-state index contributed by atoms with van der Waals surface area (Å²) < 4.78 is 7.76. The van der Waals surface area contributed by atoms with Gasteiger partial charge in [0.15, 0.2) is 0 Å². The van der Waals surface area contributed by atoms with Gasteiger partial charge in [-0.25, -0.2) is 0 Å². The Hall–Kier alpha value is -5.02. The predicted molar refractivity (Wildman–Crippen MR) is 258 cm³/mol. The molecule has 0 atom stereocenters. The molecule has 2 aliphatic heterocycles. The Morgan fingerprint density at radius 2 is 1.12 bits per heavy atom. The molecule has 3 heteroatoms. The van der Waals surface area contributed by atoms with Gasteiger partial charge < -0.3 is 9.32 Å². The van der Waals surface area contributed by atoms with Gasteiger partial charge in [0.25, 0.3) is 6.71 Å². The van der Waals surface area contributed by atoms with Crippen LogP contribution in [0.3, 0.4) is 0 Å². The van der Waals surface area contributed by atoms with E-state index in [2.05, 4.69) is 197 Å². The van der Waals surface area contributed by atoms with Crippen molar-refractivity contribution in [2.75, 3.05) is 4.90 Å². The number of benzene rings is 5. The summed E-state index contributed by atoms with van der Waals surface area (Å²) >= 11 is 0. The second-order valence-electron chi connectivity index (χ2n) is 22.4. The Balaban J connectivity index is 1.39.